The SMILES string of the molecule is CC(C)CC(NC(=O)C1CC1CNC(=O)OCC1c2ccccc2-c2ccccc21)C(=O)O. The number of ether oxygens (including phenoxy) is 1. The fourth-order valence-corrected chi connectivity index (χ4v) is 4.63. The van der Waals surface area contributed by atoms with E-state index in [1.807, 2.05) is 38.1 Å². The lowest BCUT2D eigenvalue weighted by atomic mass is 9.98. The molecule has 0 aromatic heterocycles. The van der Waals surface area contributed by atoms with Gasteiger partial charge in [-0.15, -0.1) is 0 Å². The molecule has 2 amide bonds. The third kappa shape index (κ3) is 5.18. The lowest BCUT2D eigenvalue weighted by Gasteiger charge is -2.16. The molecular weight excluding hydrogens is 420 g/mol. The summed E-state index contributed by atoms with van der Waals surface area (Å²) in [5.74, 6) is -1.39. The van der Waals surface area contributed by atoms with E-state index in [1.165, 1.54) is 11.1 Å². The number of fused-ring (bicyclic) bond motifs is 3. The van der Waals surface area contributed by atoms with Crippen LogP contribution in [0.5, 0.6) is 0 Å². The van der Waals surface area contributed by atoms with Crippen molar-refractivity contribution in [3.05, 3.63) is 59.7 Å². The van der Waals surface area contributed by atoms with Gasteiger partial charge in [-0.1, -0.05) is 62.4 Å². The average Bonchev–Trinajstić information content (AvgIpc) is 3.51. The first-order valence-electron chi connectivity index (χ1n) is 11.5. The maximum Gasteiger partial charge on any atom is 0.407 e. The summed E-state index contributed by atoms with van der Waals surface area (Å²) < 4.78 is 5.53. The second-order valence-corrected chi connectivity index (χ2v) is 9.34. The number of rotatable bonds is 9. The van der Waals surface area contributed by atoms with E-state index < -0.39 is 18.1 Å². The molecule has 0 bridgehead atoms. The fourth-order valence-electron chi connectivity index (χ4n) is 4.63. The largest absolute Gasteiger partial charge is 0.480 e. The molecule has 2 aromatic rings. The van der Waals surface area contributed by atoms with Crippen LogP contribution in [0.25, 0.3) is 11.1 Å². The minimum atomic E-state index is -1.02. The molecule has 4 rings (SSSR count). The van der Waals surface area contributed by atoms with E-state index in [9.17, 15) is 19.5 Å². The monoisotopic (exact) mass is 450 g/mol. The summed E-state index contributed by atoms with van der Waals surface area (Å²) in [4.78, 5) is 36.0. The molecule has 7 heteroatoms. The van der Waals surface area contributed by atoms with Crippen molar-refractivity contribution in [3.63, 3.8) is 0 Å². The minimum absolute atomic E-state index is 0.000947. The summed E-state index contributed by atoms with van der Waals surface area (Å²) in [7, 11) is 0. The van der Waals surface area contributed by atoms with E-state index in [1.54, 1.807) is 0 Å². The molecule has 3 atom stereocenters. The standard InChI is InChI=1S/C26H30N2O5/c1-15(2)11-23(25(30)31)28-24(29)21-12-16(21)13-27-26(32)33-14-22-19-9-5-3-7-17(19)18-8-4-6-10-20(18)22/h3-10,15-16,21-23H,11-14H2,1-2H3,(H,27,32)(H,28,29)(H,30,31). The number of hydrogen-bond donors (Lipinski definition) is 3. The van der Waals surface area contributed by atoms with Crippen LogP contribution < -0.4 is 10.6 Å². The van der Waals surface area contributed by atoms with Crippen molar-refractivity contribution in [3.8, 4) is 11.1 Å². The highest BCUT2D eigenvalue weighted by Crippen LogP contribution is 2.44. The summed E-state index contributed by atoms with van der Waals surface area (Å²) in [6.07, 6.45) is 0.506. The second-order valence-electron chi connectivity index (χ2n) is 9.34. The summed E-state index contributed by atoms with van der Waals surface area (Å²) in [6.45, 7) is 4.40. The Morgan fingerprint density at radius 1 is 1.03 bits per heavy atom. The number of carbonyl (C=O) groups is 3. The van der Waals surface area contributed by atoms with Gasteiger partial charge in [0.1, 0.15) is 12.6 Å². The molecule has 0 spiro atoms. The summed E-state index contributed by atoms with van der Waals surface area (Å²) >= 11 is 0. The van der Waals surface area contributed by atoms with Crippen LogP contribution in [0, 0.1) is 17.8 Å². The number of carbonyl (C=O) groups excluding carboxylic acids is 2. The van der Waals surface area contributed by atoms with Gasteiger partial charge in [-0.05, 0) is 46.9 Å². The first-order chi connectivity index (χ1) is 15.8. The Balaban J connectivity index is 1.24. The third-order valence-electron chi connectivity index (χ3n) is 6.43. The molecule has 1 saturated carbocycles. The number of benzene rings is 2. The van der Waals surface area contributed by atoms with Crippen LogP contribution in [0.15, 0.2) is 48.5 Å². The molecule has 0 aliphatic heterocycles. The zero-order valence-electron chi connectivity index (χ0n) is 18.9. The summed E-state index contributed by atoms with van der Waals surface area (Å²) in [6, 6.07) is 15.4. The Hall–Kier alpha value is -3.35. The smallest absolute Gasteiger partial charge is 0.407 e. The Morgan fingerprint density at radius 3 is 2.21 bits per heavy atom. The van der Waals surface area contributed by atoms with Gasteiger partial charge in [0.05, 0.1) is 0 Å². The van der Waals surface area contributed by atoms with Crippen molar-refractivity contribution in [2.75, 3.05) is 13.2 Å². The highest BCUT2D eigenvalue weighted by Gasteiger charge is 2.44. The van der Waals surface area contributed by atoms with Gasteiger partial charge in [-0.25, -0.2) is 9.59 Å². The van der Waals surface area contributed by atoms with Crippen molar-refractivity contribution in [1.82, 2.24) is 10.6 Å². The van der Waals surface area contributed by atoms with Crippen LogP contribution in [0.2, 0.25) is 0 Å². The van der Waals surface area contributed by atoms with Gasteiger partial charge in [0.15, 0.2) is 0 Å². The van der Waals surface area contributed by atoms with Gasteiger partial charge in [0.25, 0.3) is 0 Å². The number of nitrogens with one attached hydrogen (secondary N) is 2. The van der Waals surface area contributed by atoms with Gasteiger partial charge in [0.2, 0.25) is 5.91 Å². The van der Waals surface area contributed by atoms with E-state index in [0.29, 0.717) is 19.4 Å². The molecule has 0 saturated heterocycles. The molecule has 3 N–H and O–H groups in total. The molecule has 1 fully saturated rings. The summed E-state index contributed by atoms with van der Waals surface area (Å²) in [5, 5.41) is 14.7. The molecule has 174 valence electrons. The highest BCUT2D eigenvalue weighted by atomic mass is 16.5. The van der Waals surface area contributed by atoms with Crippen LogP contribution in [0.3, 0.4) is 0 Å². The molecule has 0 heterocycles. The van der Waals surface area contributed by atoms with Gasteiger partial charge in [0, 0.05) is 18.4 Å². The number of amides is 2. The van der Waals surface area contributed by atoms with Gasteiger partial charge in [-0.3, -0.25) is 4.79 Å². The van der Waals surface area contributed by atoms with E-state index in [4.69, 9.17) is 4.74 Å². The quantitative estimate of drug-likeness (QED) is 0.539. The predicted octanol–water partition coefficient (Wildman–Crippen LogP) is 3.78. The number of carboxylic acid groups (broad SMARTS) is 1. The molecule has 7 nitrogen and oxygen atoms in total. The minimum Gasteiger partial charge on any atom is -0.480 e. The van der Waals surface area contributed by atoms with Crippen molar-refractivity contribution >= 4 is 18.0 Å². The van der Waals surface area contributed by atoms with Gasteiger partial charge < -0.3 is 20.5 Å². The molecule has 33 heavy (non-hydrogen) atoms. The van der Waals surface area contributed by atoms with Gasteiger partial charge in [-0.2, -0.15) is 0 Å². The maximum atomic E-state index is 12.4. The first kappa shape index (κ1) is 22.8. The molecule has 2 aliphatic rings. The van der Waals surface area contributed by atoms with Crippen molar-refractivity contribution in [2.45, 2.75) is 38.6 Å². The molecule has 0 radical (unpaired) electrons. The van der Waals surface area contributed by atoms with E-state index in [0.717, 1.165) is 11.1 Å². The van der Waals surface area contributed by atoms with Crippen molar-refractivity contribution in [2.24, 2.45) is 17.8 Å². The van der Waals surface area contributed by atoms with Crippen LogP contribution in [0.4, 0.5) is 4.79 Å². The van der Waals surface area contributed by atoms with Crippen molar-refractivity contribution < 1.29 is 24.2 Å². The van der Waals surface area contributed by atoms with Crippen LogP contribution in [0.1, 0.15) is 43.7 Å². The molecule has 2 aromatic carbocycles. The zero-order valence-corrected chi connectivity index (χ0v) is 18.9. The molecular formula is C26H30N2O5. The first-order valence-corrected chi connectivity index (χ1v) is 11.5. The Bertz CT molecular complexity index is 1000. The van der Waals surface area contributed by atoms with Crippen LogP contribution in [-0.2, 0) is 14.3 Å². The fraction of sp³-hybridized carbons (Fsp3) is 0.423. The average molecular weight is 451 g/mol. The Kier molecular flexibility index (Phi) is 6.67. The van der Waals surface area contributed by atoms with Gasteiger partial charge >= 0.3 is 12.1 Å². The Morgan fingerprint density at radius 2 is 1.64 bits per heavy atom. The van der Waals surface area contributed by atoms with E-state index in [2.05, 4.69) is 34.9 Å². The van der Waals surface area contributed by atoms with Crippen molar-refractivity contribution in [1.29, 1.82) is 0 Å². The van der Waals surface area contributed by atoms with E-state index >= 15 is 0 Å². The predicted molar refractivity (Wildman–Crippen MR) is 124 cm³/mol. The maximum absolute atomic E-state index is 12.4. The van der Waals surface area contributed by atoms with Crippen LogP contribution >= 0.6 is 0 Å². The van der Waals surface area contributed by atoms with E-state index in [-0.39, 0.29) is 36.2 Å². The lowest BCUT2D eigenvalue weighted by Crippen LogP contribution is -2.42. The number of aliphatic carboxylic acids is 1. The number of hydrogen-bond acceptors (Lipinski definition) is 4. The molecule has 2 aliphatic carbocycles. The van der Waals surface area contributed by atoms with Crippen LogP contribution in [-0.4, -0.2) is 42.3 Å². The molecule has 3 unspecified atom stereocenters. The highest BCUT2D eigenvalue weighted by molar-refractivity contribution is 5.86. The Labute approximate surface area is 193 Å². The third-order valence-corrected chi connectivity index (χ3v) is 6.43. The normalized spacial score (nSPS) is 19.4. The number of carboxylic acids is 1. The zero-order chi connectivity index (χ0) is 23.5. The second kappa shape index (κ2) is 9.65. The topological polar surface area (TPSA) is 105 Å². The summed E-state index contributed by atoms with van der Waals surface area (Å²) in [5.41, 5.74) is 4.65. The lowest BCUT2D eigenvalue weighted by molar-refractivity contribution is -0.142. The number of alkyl carbamates (subject to hydrolysis) is 1.